The highest BCUT2D eigenvalue weighted by molar-refractivity contribution is 6.59. The molecule has 0 bridgehead atoms. The van der Waals surface area contributed by atoms with Crippen LogP contribution in [0.5, 0.6) is 0 Å². The van der Waals surface area contributed by atoms with Crippen molar-refractivity contribution in [1.82, 2.24) is 0 Å². The van der Waals surface area contributed by atoms with Crippen molar-refractivity contribution in [3.63, 3.8) is 0 Å². The highest BCUT2D eigenvalue weighted by atomic mass is 28.2. The molecule has 142 valence electrons. The Balaban J connectivity index is 2.15. The van der Waals surface area contributed by atoms with E-state index >= 15 is 0 Å². The summed E-state index contributed by atoms with van der Waals surface area (Å²) < 4.78 is 0. The van der Waals surface area contributed by atoms with Gasteiger partial charge in [-0.15, -0.1) is 0 Å². The van der Waals surface area contributed by atoms with E-state index in [0.29, 0.717) is 0 Å². The summed E-state index contributed by atoms with van der Waals surface area (Å²) in [5.41, 5.74) is 13.4. The molecule has 0 amide bonds. The van der Waals surface area contributed by atoms with Gasteiger partial charge in [0.15, 0.2) is 0 Å². The highest BCUT2D eigenvalue weighted by Gasteiger charge is 2.41. The minimum Gasteiger partial charge on any atom is -0.0650 e. The van der Waals surface area contributed by atoms with E-state index in [4.69, 9.17) is 0 Å². The first-order valence-corrected chi connectivity index (χ1v) is 11.5. The molecule has 0 fully saturated rings. The van der Waals surface area contributed by atoms with Crippen LogP contribution in [0.2, 0.25) is 5.04 Å². The zero-order chi connectivity index (χ0) is 19.9. The van der Waals surface area contributed by atoms with Crippen molar-refractivity contribution in [1.29, 1.82) is 0 Å². The van der Waals surface area contributed by atoms with Crippen LogP contribution in [0.4, 0.5) is 0 Å². The average molecular weight is 375 g/mol. The number of allylic oxidation sites excluding steroid dienone is 4. The summed E-state index contributed by atoms with van der Waals surface area (Å²) in [4.78, 5) is 0. The van der Waals surface area contributed by atoms with Gasteiger partial charge in [-0.25, -0.2) is 0 Å². The van der Waals surface area contributed by atoms with E-state index in [0.717, 1.165) is 6.42 Å². The summed E-state index contributed by atoms with van der Waals surface area (Å²) in [6.45, 7) is 18.4. The van der Waals surface area contributed by atoms with Gasteiger partial charge in [-0.1, -0.05) is 69.4 Å². The van der Waals surface area contributed by atoms with Crippen molar-refractivity contribution in [3.05, 3.63) is 86.5 Å². The third kappa shape index (κ3) is 3.62. The molecule has 1 aliphatic rings. The van der Waals surface area contributed by atoms with Gasteiger partial charge in [-0.05, 0) is 84.1 Å². The molecule has 1 aliphatic carbocycles. The summed E-state index contributed by atoms with van der Waals surface area (Å²) in [5, 5.41) is 1.83. The van der Waals surface area contributed by atoms with Gasteiger partial charge in [0, 0.05) is 5.04 Å². The minimum absolute atomic E-state index is 0.229. The number of benzene rings is 2. The van der Waals surface area contributed by atoms with Gasteiger partial charge >= 0.3 is 0 Å². The van der Waals surface area contributed by atoms with Crippen molar-refractivity contribution in [2.24, 2.45) is 0 Å². The fourth-order valence-electron chi connectivity index (χ4n) is 4.99. The average Bonchev–Trinajstić information content (AvgIpc) is 2.73. The predicted octanol–water partition coefficient (Wildman–Crippen LogP) is 5.80. The molecule has 0 spiro atoms. The van der Waals surface area contributed by atoms with Crippen LogP contribution >= 0.6 is 0 Å². The minimum atomic E-state index is -0.531. The van der Waals surface area contributed by atoms with Crippen molar-refractivity contribution >= 4 is 14.7 Å². The monoisotopic (exact) mass is 374 g/mol. The van der Waals surface area contributed by atoms with Gasteiger partial charge in [0.1, 0.15) is 0 Å². The second-order valence-electron chi connectivity index (χ2n) is 8.86. The Morgan fingerprint density at radius 1 is 0.667 bits per heavy atom. The Morgan fingerprint density at radius 2 is 1.22 bits per heavy atom. The van der Waals surface area contributed by atoms with E-state index in [-0.39, 0.29) is 5.04 Å². The maximum Gasteiger partial charge on any atom is 0.0713 e. The van der Waals surface area contributed by atoms with E-state index in [9.17, 15) is 0 Å². The molecule has 0 unspecified atom stereocenters. The molecule has 0 radical (unpaired) electrons. The van der Waals surface area contributed by atoms with Crippen molar-refractivity contribution in [2.75, 3.05) is 0 Å². The molecule has 27 heavy (non-hydrogen) atoms. The van der Waals surface area contributed by atoms with Crippen LogP contribution in [0.25, 0.3) is 0 Å². The lowest BCUT2D eigenvalue weighted by atomic mass is 9.86. The fourth-order valence-corrected chi connectivity index (χ4v) is 7.99. The number of rotatable bonds is 4. The number of hydrogen-bond donors (Lipinski definition) is 0. The van der Waals surface area contributed by atoms with Gasteiger partial charge in [0.05, 0.1) is 9.52 Å². The van der Waals surface area contributed by atoms with E-state index in [1.165, 1.54) is 39.0 Å². The van der Waals surface area contributed by atoms with Crippen molar-refractivity contribution < 1.29 is 0 Å². The number of aryl methyl sites for hydroxylation is 4. The lowest BCUT2D eigenvalue weighted by Crippen LogP contribution is -2.33. The molecule has 0 heterocycles. The molecule has 0 N–H and O–H groups in total. The summed E-state index contributed by atoms with van der Waals surface area (Å²) in [6, 6.07) is 14.1. The van der Waals surface area contributed by atoms with Crippen LogP contribution in [0.15, 0.2) is 58.7 Å². The zero-order valence-corrected chi connectivity index (χ0v) is 19.8. The standard InChI is InChI=1S/C26H34Si/c1-16-9-10-19(4)24(12-16)15-26(22(7)20(5)21(6)23(26)8)27-25-13-17(2)11-18(3)14-25/h9-14H,15,27H2,1-8H3. The van der Waals surface area contributed by atoms with Crippen LogP contribution in [0, 0.1) is 27.7 Å². The van der Waals surface area contributed by atoms with Crippen LogP contribution in [0.1, 0.15) is 55.5 Å². The molecule has 0 saturated heterocycles. The summed E-state index contributed by atoms with van der Waals surface area (Å²) >= 11 is 0. The van der Waals surface area contributed by atoms with Crippen LogP contribution in [0.3, 0.4) is 0 Å². The van der Waals surface area contributed by atoms with E-state index in [1.54, 1.807) is 16.3 Å². The Kier molecular flexibility index (Phi) is 5.36. The molecule has 2 aromatic rings. The van der Waals surface area contributed by atoms with E-state index in [1.807, 2.05) is 0 Å². The van der Waals surface area contributed by atoms with Crippen LogP contribution in [-0.4, -0.2) is 9.52 Å². The maximum absolute atomic E-state index is 2.44. The van der Waals surface area contributed by atoms with Gasteiger partial charge in [-0.2, -0.15) is 0 Å². The predicted molar refractivity (Wildman–Crippen MR) is 123 cm³/mol. The molecular weight excluding hydrogens is 340 g/mol. The summed E-state index contributed by atoms with van der Waals surface area (Å²) in [6.07, 6.45) is 1.14. The Hall–Kier alpha value is -1.86. The van der Waals surface area contributed by atoms with Crippen LogP contribution < -0.4 is 5.19 Å². The van der Waals surface area contributed by atoms with E-state index < -0.39 is 9.52 Å². The van der Waals surface area contributed by atoms with E-state index in [2.05, 4.69) is 91.8 Å². The zero-order valence-electron chi connectivity index (χ0n) is 18.4. The van der Waals surface area contributed by atoms with Gasteiger partial charge in [0.25, 0.3) is 0 Å². The van der Waals surface area contributed by atoms with Crippen LogP contribution in [-0.2, 0) is 6.42 Å². The quantitative estimate of drug-likeness (QED) is 0.593. The lowest BCUT2D eigenvalue weighted by Gasteiger charge is -2.35. The second kappa shape index (κ2) is 7.28. The molecule has 0 atom stereocenters. The van der Waals surface area contributed by atoms with Gasteiger partial charge in [0.2, 0.25) is 0 Å². The Bertz CT molecular complexity index is 912. The van der Waals surface area contributed by atoms with Gasteiger partial charge in [-0.3, -0.25) is 0 Å². The van der Waals surface area contributed by atoms with Crippen molar-refractivity contribution in [3.8, 4) is 0 Å². The first-order valence-electron chi connectivity index (χ1n) is 10.1. The second-order valence-corrected chi connectivity index (χ2v) is 11.2. The smallest absolute Gasteiger partial charge is 0.0650 e. The third-order valence-electron chi connectivity index (χ3n) is 6.91. The molecule has 2 aromatic carbocycles. The lowest BCUT2D eigenvalue weighted by molar-refractivity contribution is 0.732. The first kappa shape index (κ1) is 19.9. The molecule has 0 aliphatic heterocycles. The molecule has 3 rings (SSSR count). The highest BCUT2D eigenvalue weighted by Crippen LogP contribution is 2.54. The maximum atomic E-state index is 2.44. The van der Waals surface area contributed by atoms with Crippen molar-refractivity contribution in [2.45, 2.75) is 66.8 Å². The normalized spacial score (nSPS) is 16.9. The largest absolute Gasteiger partial charge is 0.0713 e. The molecule has 0 saturated carbocycles. The summed E-state index contributed by atoms with van der Waals surface area (Å²) in [5.74, 6) is 0. The molecular formula is C26H34Si. The Labute approximate surface area is 168 Å². The molecule has 0 aromatic heterocycles. The number of hydrogen-bond acceptors (Lipinski definition) is 0. The molecule has 0 nitrogen and oxygen atoms in total. The Morgan fingerprint density at radius 3 is 1.78 bits per heavy atom. The topological polar surface area (TPSA) is 0 Å². The first-order chi connectivity index (χ1) is 12.6. The fraction of sp³-hybridized carbons (Fsp3) is 0.385. The third-order valence-corrected chi connectivity index (χ3v) is 9.64. The summed E-state index contributed by atoms with van der Waals surface area (Å²) in [7, 11) is -0.531. The van der Waals surface area contributed by atoms with Gasteiger partial charge < -0.3 is 0 Å². The molecule has 1 heteroatoms. The SMILES string of the molecule is CC1=C(C)C(Cc2cc(C)ccc2C)([SiH2]c2cc(C)cc(C)c2)C(C)=C1C.